The number of benzene rings is 1. The number of aryl methyl sites for hydroxylation is 1. The molecule has 0 aliphatic carbocycles. The Morgan fingerprint density at radius 1 is 1.06 bits per heavy atom. The minimum Gasteiger partial charge on any atom is -0.429 e. The summed E-state index contributed by atoms with van der Waals surface area (Å²) in [6.07, 6.45) is 0. The van der Waals surface area contributed by atoms with Crippen molar-refractivity contribution in [3.05, 3.63) is 42.0 Å². The van der Waals surface area contributed by atoms with Crippen LogP contribution in [-0.4, -0.2) is 8.42 Å². The Bertz CT molecular complexity index is 596. The normalized spacial score (nSPS) is 11.6. The van der Waals surface area contributed by atoms with Gasteiger partial charge in [-0.3, -0.25) is 0 Å². The number of furan rings is 1. The highest BCUT2D eigenvalue weighted by Gasteiger charge is 2.20. The molecule has 2 aromatic rings. The van der Waals surface area contributed by atoms with Crippen molar-refractivity contribution >= 4 is 15.7 Å². The molecule has 0 amide bonds. The minimum absolute atomic E-state index is 0.0886. The SMILES string of the molecule is Cc1ccc(S(=O)(=O)c2ccc(N)o2)cc1. The van der Waals surface area contributed by atoms with Crippen LogP contribution in [0.1, 0.15) is 5.56 Å². The van der Waals surface area contributed by atoms with Gasteiger partial charge >= 0.3 is 0 Å². The molecule has 0 atom stereocenters. The summed E-state index contributed by atoms with van der Waals surface area (Å²) in [5, 5.41) is -0.131. The van der Waals surface area contributed by atoms with Crippen molar-refractivity contribution in [3.8, 4) is 0 Å². The molecule has 0 unspecified atom stereocenters. The largest absolute Gasteiger partial charge is 0.429 e. The third kappa shape index (κ3) is 1.81. The predicted octanol–water partition coefficient (Wildman–Crippen LogP) is 2.00. The van der Waals surface area contributed by atoms with Gasteiger partial charge in [0.05, 0.1) is 4.90 Å². The molecule has 1 heterocycles. The lowest BCUT2D eigenvalue weighted by Gasteiger charge is -2.01. The van der Waals surface area contributed by atoms with Gasteiger partial charge in [0.15, 0.2) is 5.88 Å². The minimum atomic E-state index is -3.58. The van der Waals surface area contributed by atoms with Crippen LogP contribution >= 0.6 is 0 Å². The molecule has 0 aliphatic rings. The van der Waals surface area contributed by atoms with Crippen molar-refractivity contribution < 1.29 is 12.8 Å². The van der Waals surface area contributed by atoms with Crippen molar-refractivity contribution in [1.82, 2.24) is 0 Å². The summed E-state index contributed by atoms with van der Waals surface area (Å²) in [7, 11) is -3.58. The fourth-order valence-electron chi connectivity index (χ4n) is 1.31. The Morgan fingerprint density at radius 2 is 1.69 bits per heavy atom. The average molecular weight is 237 g/mol. The number of hydrogen-bond acceptors (Lipinski definition) is 4. The monoisotopic (exact) mass is 237 g/mol. The zero-order chi connectivity index (χ0) is 11.8. The Kier molecular flexibility index (Phi) is 2.47. The summed E-state index contributed by atoms with van der Waals surface area (Å²) in [5.41, 5.74) is 6.34. The van der Waals surface area contributed by atoms with Crippen LogP contribution in [0.3, 0.4) is 0 Å². The molecule has 0 bridgehead atoms. The van der Waals surface area contributed by atoms with Crippen LogP contribution in [0.4, 0.5) is 5.88 Å². The van der Waals surface area contributed by atoms with E-state index in [1.807, 2.05) is 6.92 Å². The van der Waals surface area contributed by atoms with E-state index in [1.165, 1.54) is 12.1 Å². The highest BCUT2D eigenvalue weighted by atomic mass is 32.2. The molecule has 0 saturated carbocycles. The molecule has 0 saturated heterocycles. The predicted molar refractivity (Wildman–Crippen MR) is 59.8 cm³/mol. The molecule has 0 fully saturated rings. The van der Waals surface area contributed by atoms with Crippen LogP contribution in [0.15, 0.2) is 50.8 Å². The molecule has 16 heavy (non-hydrogen) atoms. The molecular formula is C11H11NO3S. The van der Waals surface area contributed by atoms with Crippen LogP contribution in [0.2, 0.25) is 0 Å². The molecule has 84 valence electrons. The van der Waals surface area contributed by atoms with Crippen LogP contribution in [-0.2, 0) is 9.84 Å². The summed E-state index contributed by atoms with van der Waals surface area (Å²) in [4.78, 5) is 0.201. The van der Waals surface area contributed by atoms with Crippen molar-refractivity contribution in [2.24, 2.45) is 0 Å². The third-order valence-electron chi connectivity index (χ3n) is 2.20. The molecule has 2 rings (SSSR count). The van der Waals surface area contributed by atoms with Gasteiger partial charge in [0, 0.05) is 6.07 Å². The molecule has 0 radical (unpaired) electrons. The lowest BCUT2D eigenvalue weighted by Crippen LogP contribution is -2.00. The van der Waals surface area contributed by atoms with Gasteiger partial charge in [-0.15, -0.1) is 0 Å². The van der Waals surface area contributed by atoms with Crippen LogP contribution in [0.25, 0.3) is 0 Å². The molecule has 0 aliphatic heterocycles. The molecule has 1 aromatic carbocycles. The van der Waals surface area contributed by atoms with Gasteiger partial charge in [0.2, 0.25) is 14.9 Å². The quantitative estimate of drug-likeness (QED) is 0.867. The standard InChI is InChI=1S/C11H11NO3S/c1-8-2-4-9(5-3-8)16(13,14)11-7-6-10(12)15-11/h2-7H,12H2,1H3. The number of anilines is 1. The van der Waals surface area contributed by atoms with Gasteiger partial charge in [0.1, 0.15) is 0 Å². The molecule has 5 heteroatoms. The Labute approximate surface area is 93.6 Å². The maximum Gasteiger partial charge on any atom is 0.239 e. The average Bonchev–Trinajstić information content (AvgIpc) is 2.66. The summed E-state index contributed by atoms with van der Waals surface area (Å²) < 4.78 is 28.9. The number of sulfone groups is 1. The van der Waals surface area contributed by atoms with E-state index < -0.39 is 9.84 Å². The number of nitrogens with two attached hydrogens (primary N) is 1. The maximum atomic E-state index is 12.0. The van der Waals surface area contributed by atoms with Crippen LogP contribution in [0.5, 0.6) is 0 Å². The van der Waals surface area contributed by atoms with Crippen molar-refractivity contribution in [2.75, 3.05) is 5.73 Å². The van der Waals surface area contributed by atoms with Crippen LogP contribution < -0.4 is 5.73 Å². The topological polar surface area (TPSA) is 73.3 Å². The van der Waals surface area contributed by atoms with E-state index in [0.29, 0.717) is 0 Å². The zero-order valence-electron chi connectivity index (χ0n) is 8.67. The Morgan fingerprint density at radius 3 is 2.19 bits per heavy atom. The molecule has 1 aromatic heterocycles. The fraction of sp³-hybridized carbons (Fsp3) is 0.0909. The molecule has 0 spiro atoms. The van der Waals surface area contributed by atoms with E-state index in [4.69, 9.17) is 10.2 Å². The van der Waals surface area contributed by atoms with Crippen molar-refractivity contribution in [3.63, 3.8) is 0 Å². The number of rotatable bonds is 2. The second-order valence-corrected chi connectivity index (χ2v) is 5.35. The van der Waals surface area contributed by atoms with E-state index in [2.05, 4.69) is 0 Å². The Balaban J connectivity index is 2.51. The van der Waals surface area contributed by atoms with E-state index in [1.54, 1.807) is 24.3 Å². The summed E-state index contributed by atoms with van der Waals surface area (Å²) in [6.45, 7) is 1.89. The van der Waals surface area contributed by atoms with Gasteiger partial charge in [-0.2, -0.15) is 0 Å². The lowest BCUT2D eigenvalue weighted by molar-refractivity contribution is 0.465. The molecule has 4 nitrogen and oxygen atoms in total. The van der Waals surface area contributed by atoms with E-state index in [-0.39, 0.29) is 15.9 Å². The third-order valence-corrected chi connectivity index (χ3v) is 3.84. The number of nitrogen functional groups attached to an aromatic ring is 1. The maximum absolute atomic E-state index is 12.0. The number of hydrogen-bond donors (Lipinski definition) is 1. The van der Waals surface area contributed by atoms with E-state index in [0.717, 1.165) is 5.56 Å². The second kappa shape index (κ2) is 3.68. The van der Waals surface area contributed by atoms with Gasteiger partial charge in [-0.05, 0) is 25.1 Å². The first-order chi connectivity index (χ1) is 7.50. The van der Waals surface area contributed by atoms with Crippen molar-refractivity contribution in [2.45, 2.75) is 16.9 Å². The molecule has 2 N–H and O–H groups in total. The first-order valence-electron chi connectivity index (χ1n) is 4.67. The Hall–Kier alpha value is -1.75. The first-order valence-corrected chi connectivity index (χ1v) is 6.15. The van der Waals surface area contributed by atoms with Gasteiger partial charge < -0.3 is 10.2 Å². The van der Waals surface area contributed by atoms with Gasteiger partial charge in [0.25, 0.3) is 0 Å². The summed E-state index contributed by atoms with van der Waals surface area (Å²) in [5.74, 6) is 0.0886. The van der Waals surface area contributed by atoms with Crippen LogP contribution in [0, 0.1) is 6.92 Å². The first kappa shape index (κ1) is 10.8. The lowest BCUT2D eigenvalue weighted by atomic mass is 10.2. The fourth-order valence-corrected chi connectivity index (χ4v) is 2.49. The summed E-state index contributed by atoms with van der Waals surface area (Å²) >= 11 is 0. The highest BCUT2D eigenvalue weighted by Crippen LogP contribution is 2.23. The summed E-state index contributed by atoms with van der Waals surface area (Å²) in [6, 6.07) is 9.33. The van der Waals surface area contributed by atoms with E-state index in [9.17, 15) is 8.42 Å². The van der Waals surface area contributed by atoms with Crippen molar-refractivity contribution in [1.29, 1.82) is 0 Å². The highest BCUT2D eigenvalue weighted by molar-refractivity contribution is 7.91. The second-order valence-electron chi connectivity index (χ2n) is 3.47. The molecular weight excluding hydrogens is 226 g/mol. The zero-order valence-corrected chi connectivity index (χ0v) is 9.49. The van der Waals surface area contributed by atoms with Gasteiger partial charge in [-0.25, -0.2) is 8.42 Å². The van der Waals surface area contributed by atoms with E-state index >= 15 is 0 Å². The van der Waals surface area contributed by atoms with Gasteiger partial charge in [-0.1, -0.05) is 17.7 Å². The smallest absolute Gasteiger partial charge is 0.239 e.